The molecule has 1 fully saturated rings. The summed E-state index contributed by atoms with van der Waals surface area (Å²) in [6, 6.07) is 0. The van der Waals surface area contributed by atoms with E-state index in [1.54, 1.807) is 0 Å². The molecule has 0 heterocycles. The Morgan fingerprint density at radius 2 is 1.75 bits per heavy atom. The summed E-state index contributed by atoms with van der Waals surface area (Å²) in [4.78, 5) is 23.5. The summed E-state index contributed by atoms with van der Waals surface area (Å²) >= 11 is 0. The topological polar surface area (TPSA) is 84.2 Å². The molecule has 0 aromatic rings. The Morgan fingerprint density at radius 1 is 1.20 bits per heavy atom. The van der Waals surface area contributed by atoms with Crippen LogP contribution in [0.15, 0.2) is 0 Å². The van der Waals surface area contributed by atoms with E-state index in [0.29, 0.717) is 25.4 Å². The number of nitrogens with two attached hydrogens (primary N) is 1. The molecule has 0 saturated heterocycles. The SMILES string of the molecule is CC(C)(C)C(=O)NCCC(=O)NC(C)(CN)C1CC1.Cl. The lowest BCUT2D eigenvalue weighted by atomic mass is 9.95. The minimum absolute atomic E-state index is 0. The summed E-state index contributed by atoms with van der Waals surface area (Å²) in [7, 11) is 0. The van der Waals surface area contributed by atoms with Gasteiger partial charge in [0.1, 0.15) is 0 Å². The molecule has 0 radical (unpaired) electrons. The molecule has 118 valence electrons. The lowest BCUT2D eigenvalue weighted by Gasteiger charge is -2.29. The van der Waals surface area contributed by atoms with Crippen molar-refractivity contribution in [1.82, 2.24) is 10.6 Å². The first-order chi connectivity index (χ1) is 8.69. The summed E-state index contributed by atoms with van der Waals surface area (Å²) in [6.07, 6.45) is 2.56. The molecule has 0 aromatic carbocycles. The van der Waals surface area contributed by atoms with Gasteiger partial charge in [-0.3, -0.25) is 9.59 Å². The highest BCUT2D eigenvalue weighted by atomic mass is 35.5. The molecule has 1 atom stereocenters. The fraction of sp³-hybridized carbons (Fsp3) is 0.857. The molecule has 4 N–H and O–H groups in total. The molecule has 0 aromatic heterocycles. The molecule has 1 saturated carbocycles. The van der Waals surface area contributed by atoms with Gasteiger partial charge < -0.3 is 16.4 Å². The summed E-state index contributed by atoms with van der Waals surface area (Å²) in [5.74, 6) is 0.420. The normalized spacial score (nSPS) is 17.6. The van der Waals surface area contributed by atoms with E-state index >= 15 is 0 Å². The molecule has 0 bridgehead atoms. The van der Waals surface area contributed by atoms with Crippen LogP contribution in [0.3, 0.4) is 0 Å². The molecule has 1 aliphatic rings. The van der Waals surface area contributed by atoms with Crippen molar-refractivity contribution in [3.63, 3.8) is 0 Å². The van der Waals surface area contributed by atoms with Gasteiger partial charge in [-0.05, 0) is 25.7 Å². The molecule has 1 rings (SSSR count). The molecule has 20 heavy (non-hydrogen) atoms. The number of halogens is 1. The van der Waals surface area contributed by atoms with Crippen molar-refractivity contribution in [2.24, 2.45) is 17.1 Å². The third kappa shape index (κ3) is 5.67. The van der Waals surface area contributed by atoms with Crippen LogP contribution >= 0.6 is 12.4 Å². The Labute approximate surface area is 127 Å². The van der Waals surface area contributed by atoms with Crippen LogP contribution in [0.5, 0.6) is 0 Å². The monoisotopic (exact) mass is 305 g/mol. The molecule has 5 nitrogen and oxygen atoms in total. The van der Waals surface area contributed by atoms with Crippen molar-refractivity contribution in [2.45, 2.75) is 52.5 Å². The van der Waals surface area contributed by atoms with E-state index in [4.69, 9.17) is 5.73 Å². The third-order valence-corrected chi connectivity index (χ3v) is 3.65. The second kappa shape index (κ2) is 7.27. The smallest absolute Gasteiger partial charge is 0.225 e. The van der Waals surface area contributed by atoms with Gasteiger partial charge in [0.25, 0.3) is 0 Å². The standard InChI is InChI=1S/C14H27N3O2.ClH/c1-13(2,3)12(19)16-8-7-11(18)17-14(4,9-15)10-5-6-10;/h10H,5-9,15H2,1-4H3,(H,16,19)(H,17,18);1H. The van der Waals surface area contributed by atoms with Gasteiger partial charge in [0.2, 0.25) is 11.8 Å². The first kappa shape index (κ1) is 19.2. The van der Waals surface area contributed by atoms with Crippen molar-refractivity contribution in [2.75, 3.05) is 13.1 Å². The van der Waals surface area contributed by atoms with Crippen LogP contribution in [-0.4, -0.2) is 30.4 Å². The maximum absolute atomic E-state index is 11.9. The molecular weight excluding hydrogens is 278 g/mol. The average Bonchev–Trinajstić information content (AvgIpc) is 3.11. The quantitative estimate of drug-likeness (QED) is 0.689. The summed E-state index contributed by atoms with van der Waals surface area (Å²) in [6.45, 7) is 8.37. The number of amides is 2. The van der Waals surface area contributed by atoms with E-state index in [0.717, 1.165) is 12.8 Å². The second-order valence-electron chi connectivity index (χ2n) is 6.70. The fourth-order valence-corrected chi connectivity index (χ4v) is 1.98. The number of carbonyl (C=O) groups excluding carboxylic acids is 2. The summed E-state index contributed by atoms with van der Waals surface area (Å²) < 4.78 is 0. The van der Waals surface area contributed by atoms with E-state index in [2.05, 4.69) is 10.6 Å². The maximum Gasteiger partial charge on any atom is 0.225 e. The van der Waals surface area contributed by atoms with Crippen molar-refractivity contribution >= 4 is 24.2 Å². The van der Waals surface area contributed by atoms with Gasteiger partial charge in [-0.25, -0.2) is 0 Å². The molecule has 1 aliphatic carbocycles. The Morgan fingerprint density at radius 3 is 2.15 bits per heavy atom. The highest BCUT2D eigenvalue weighted by Crippen LogP contribution is 2.38. The van der Waals surface area contributed by atoms with E-state index in [9.17, 15) is 9.59 Å². The Bertz CT molecular complexity index is 351. The molecule has 0 spiro atoms. The van der Waals surface area contributed by atoms with E-state index in [-0.39, 0.29) is 29.8 Å². The highest BCUT2D eigenvalue weighted by molar-refractivity contribution is 5.85. The summed E-state index contributed by atoms with van der Waals surface area (Å²) in [5.41, 5.74) is 5.04. The molecular formula is C14H28ClN3O2. The first-order valence-electron chi connectivity index (χ1n) is 6.98. The van der Waals surface area contributed by atoms with Crippen molar-refractivity contribution < 1.29 is 9.59 Å². The van der Waals surface area contributed by atoms with Gasteiger partial charge in [-0.1, -0.05) is 20.8 Å². The first-order valence-corrected chi connectivity index (χ1v) is 6.98. The van der Waals surface area contributed by atoms with Crippen LogP contribution < -0.4 is 16.4 Å². The third-order valence-electron chi connectivity index (χ3n) is 3.65. The van der Waals surface area contributed by atoms with Crippen molar-refractivity contribution in [3.8, 4) is 0 Å². The average molecular weight is 306 g/mol. The Kier molecular flexibility index (Phi) is 6.98. The lowest BCUT2D eigenvalue weighted by molar-refractivity contribution is -0.128. The zero-order valence-corrected chi connectivity index (χ0v) is 13.7. The predicted octanol–water partition coefficient (Wildman–Crippen LogP) is 1.20. The minimum atomic E-state index is -0.420. The van der Waals surface area contributed by atoms with Gasteiger partial charge in [0, 0.05) is 24.9 Å². The predicted molar refractivity (Wildman–Crippen MR) is 82.7 cm³/mol. The van der Waals surface area contributed by atoms with Crippen LogP contribution in [-0.2, 0) is 9.59 Å². The van der Waals surface area contributed by atoms with Crippen LogP contribution in [0.4, 0.5) is 0 Å². The largest absolute Gasteiger partial charge is 0.355 e. The van der Waals surface area contributed by atoms with E-state index in [1.807, 2.05) is 27.7 Å². The maximum atomic E-state index is 11.9. The van der Waals surface area contributed by atoms with E-state index < -0.39 is 5.41 Å². The number of hydrogen-bond acceptors (Lipinski definition) is 3. The van der Waals surface area contributed by atoms with Crippen LogP contribution in [0, 0.1) is 11.3 Å². The van der Waals surface area contributed by atoms with Gasteiger partial charge in [-0.2, -0.15) is 0 Å². The fourth-order valence-electron chi connectivity index (χ4n) is 1.98. The Balaban J connectivity index is 0.00000361. The highest BCUT2D eigenvalue weighted by Gasteiger charge is 2.41. The van der Waals surface area contributed by atoms with Gasteiger partial charge in [-0.15, -0.1) is 12.4 Å². The lowest BCUT2D eigenvalue weighted by Crippen LogP contribution is -2.53. The number of hydrogen-bond donors (Lipinski definition) is 3. The van der Waals surface area contributed by atoms with Gasteiger partial charge in [0.05, 0.1) is 5.54 Å². The van der Waals surface area contributed by atoms with Crippen LogP contribution in [0.2, 0.25) is 0 Å². The number of nitrogens with one attached hydrogen (secondary N) is 2. The second-order valence-corrected chi connectivity index (χ2v) is 6.70. The summed E-state index contributed by atoms with van der Waals surface area (Å²) in [5, 5.41) is 5.77. The van der Waals surface area contributed by atoms with Gasteiger partial charge in [0.15, 0.2) is 0 Å². The van der Waals surface area contributed by atoms with Gasteiger partial charge >= 0.3 is 0 Å². The van der Waals surface area contributed by atoms with Crippen molar-refractivity contribution in [1.29, 1.82) is 0 Å². The van der Waals surface area contributed by atoms with Crippen LogP contribution in [0.25, 0.3) is 0 Å². The van der Waals surface area contributed by atoms with Crippen LogP contribution in [0.1, 0.15) is 47.0 Å². The zero-order chi connectivity index (χ0) is 14.7. The number of rotatable bonds is 6. The van der Waals surface area contributed by atoms with Crippen molar-refractivity contribution in [3.05, 3.63) is 0 Å². The zero-order valence-electron chi connectivity index (χ0n) is 12.9. The molecule has 6 heteroatoms. The minimum Gasteiger partial charge on any atom is -0.355 e. The molecule has 1 unspecified atom stereocenters. The Hall–Kier alpha value is -0.810. The molecule has 2 amide bonds. The number of carbonyl (C=O) groups is 2. The van der Waals surface area contributed by atoms with E-state index in [1.165, 1.54) is 0 Å². The molecule has 0 aliphatic heterocycles.